The third kappa shape index (κ3) is 5.44. The summed E-state index contributed by atoms with van der Waals surface area (Å²) in [6.07, 6.45) is 0. The minimum atomic E-state index is -1.31. The Kier molecular flexibility index (Phi) is 8.05. The fourth-order valence-corrected chi connectivity index (χ4v) is 4.33. The zero-order chi connectivity index (χ0) is 24.7. The number of hydrogen-bond acceptors (Lipinski definition) is 8. The molecule has 2 aromatic rings. The monoisotopic (exact) mass is 479 g/mol. The van der Waals surface area contributed by atoms with E-state index in [0.717, 1.165) is 18.9 Å². The summed E-state index contributed by atoms with van der Waals surface area (Å²) in [7, 11) is 2.41. The molecule has 9 nitrogen and oxygen atoms in total. The van der Waals surface area contributed by atoms with Crippen molar-refractivity contribution in [3.05, 3.63) is 76.3 Å². The van der Waals surface area contributed by atoms with Crippen LogP contribution in [0, 0.1) is 17.2 Å². The van der Waals surface area contributed by atoms with Gasteiger partial charge in [0.05, 0.1) is 42.2 Å². The highest BCUT2D eigenvalue weighted by molar-refractivity contribution is 8.03. The van der Waals surface area contributed by atoms with E-state index in [-0.39, 0.29) is 27.8 Å². The van der Waals surface area contributed by atoms with E-state index >= 15 is 0 Å². The Labute approximate surface area is 200 Å². The largest absolute Gasteiger partial charge is 0.468 e. The van der Waals surface area contributed by atoms with Crippen molar-refractivity contribution in [1.82, 2.24) is 5.32 Å². The second-order valence-electron chi connectivity index (χ2n) is 7.14. The number of para-hydroxylation sites is 1. The maximum absolute atomic E-state index is 12.9. The van der Waals surface area contributed by atoms with Crippen LogP contribution < -0.4 is 10.6 Å². The van der Waals surface area contributed by atoms with Gasteiger partial charge in [0.1, 0.15) is 5.92 Å². The molecule has 174 valence electrons. The molecule has 1 heterocycles. The predicted octanol–water partition coefficient (Wildman–Crippen LogP) is 2.58. The number of methoxy groups -OCH3 is 2. The molecule has 0 saturated heterocycles. The molecule has 1 aliphatic rings. The van der Waals surface area contributed by atoms with Gasteiger partial charge in [-0.15, -0.1) is 0 Å². The van der Waals surface area contributed by atoms with E-state index in [1.54, 1.807) is 36.4 Å². The average molecular weight is 480 g/mol. The number of esters is 2. The Bertz CT molecular complexity index is 1170. The molecule has 0 unspecified atom stereocenters. The van der Waals surface area contributed by atoms with Gasteiger partial charge in [-0.3, -0.25) is 14.4 Å². The molecule has 2 atom stereocenters. The molecule has 2 aromatic carbocycles. The van der Waals surface area contributed by atoms with Crippen molar-refractivity contribution in [2.45, 2.75) is 5.92 Å². The summed E-state index contributed by atoms with van der Waals surface area (Å²) in [5.74, 6) is -4.69. The molecular weight excluding hydrogens is 458 g/mol. The lowest BCUT2D eigenvalue weighted by molar-refractivity contribution is -0.150. The maximum Gasteiger partial charge on any atom is 0.337 e. The molecule has 2 N–H and O–H groups in total. The number of nitrogens with zero attached hydrogens (tertiary/aromatic N) is 1. The third-order valence-electron chi connectivity index (χ3n) is 5.08. The Morgan fingerprint density at radius 3 is 2.32 bits per heavy atom. The molecule has 0 saturated carbocycles. The van der Waals surface area contributed by atoms with E-state index in [0.29, 0.717) is 11.3 Å². The fraction of sp³-hybridized carbons (Fsp3) is 0.208. The first-order valence-corrected chi connectivity index (χ1v) is 11.1. The van der Waals surface area contributed by atoms with Crippen molar-refractivity contribution in [1.29, 1.82) is 5.26 Å². The van der Waals surface area contributed by atoms with E-state index in [9.17, 15) is 24.4 Å². The van der Waals surface area contributed by atoms with Gasteiger partial charge in [0.25, 0.3) is 0 Å². The van der Waals surface area contributed by atoms with E-state index in [2.05, 4.69) is 16.7 Å². The van der Waals surface area contributed by atoms with Gasteiger partial charge in [0.15, 0.2) is 0 Å². The number of benzene rings is 2. The van der Waals surface area contributed by atoms with Gasteiger partial charge >= 0.3 is 11.9 Å². The normalized spacial score (nSPS) is 17.3. The lowest BCUT2D eigenvalue weighted by atomic mass is 9.78. The molecule has 0 aromatic heterocycles. The minimum Gasteiger partial charge on any atom is -0.468 e. The zero-order valence-electron chi connectivity index (χ0n) is 18.4. The van der Waals surface area contributed by atoms with Crippen LogP contribution in [-0.2, 0) is 23.9 Å². The van der Waals surface area contributed by atoms with Crippen LogP contribution in [0.2, 0.25) is 0 Å². The first-order valence-electron chi connectivity index (χ1n) is 10.1. The predicted molar refractivity (Wildman–Crippen MR) is 124 cm³/mol. The zero-order valence-corrected chi connectivity index (χ0v) is 19.2. The van der Waals surface area contributed by atoms with Crippen LogP contribution >= 0.6 is 11.8 Å². The van der Waals surface area contributed by atoms with Crippen molar-refractivity contribution in [2.75, 3.05) is 25.3 Å². The molecule has 3 rings (SSSR count). The van der Waals surface area contributed by atoms with Crippen LogP contribution in [0.4, 0.5) is 5.69 Å². The molecule has 0 bridgehead atoms. The average Bonchev–Trinajstić information content (AvgIpc) is 2.86. The number of ether oxygens (including phenoxy) is 2. The number of nitriles is 1. The van der Waals surface area contributed by atoms with Gasteiger partial charge in [-0.25, -0.2) is 4.79 Å². The van der Waals surface area contributed by atoms with Crippen LogP contribution in [-0.4, -0.2) is 43.7 Å². The molecule has 0 spiro atoms. The highest BCUT2D eigenvalue weighted by Crippen LogP contribution is 2.40. The first kappa shape index (κ1) is 24.5. The molecule has 0 radical (unpaired) electrons. The van der Waals surface area contributed by atoms with Crippen LogP contribution in [0.1, 0.15) is 21.8 Å². The number of carbonyl (C=O) groups is 4. The molecule has 34 heavy (non-hydrogen) atoms. The summed E-state index contributed by atoms with van der Waals surface area (Å²) in [5.41, 5.74) is 1.46. The first-order chi connectivity index (χ1) is 16.4. The highest BCUT2D eigenvalue weighted by atomic mass is 32.2. The SMILES string of the molecule is COC(=O)c1ccc([C@@H]2C(C#N)=C(SCC(=O)Nc3ccccc3)NC(=O)[C@H]2C(=O)OC)cc1. The van der Waals surface area contributed by atoms with Crippen LogP contribution in [0.25, 0.3) is 0 Å². The van der Waals surface area contributed by atoms with Crippen molar-refractivity contribution < 1.29 is 28.7 Å². The molecule has 2 amide bonds. The van der Waals surface area contributed by atoms with Crippen LogP contribution in [0.3, 0.4) is 0 Å². The molecular formula is C24H21N3O6S. The number of rotatable bonds is 7. The summed E-state index contributed by atoms with van der Waals surface area (Å²) >= 11 is 0.980. The van der Waals surface area contributed by atoms with Gasteiger partial charge in [-0.2, -0.15) is 5.26 Å². The summed E-state index contributed by atoms with van der Waals surface area (Å²) in [6.45, 7) is 0. The number of carbonyl (C=O) groups excluding carboxylic acids is 4. The second kappa shape index (κ2) is 11.2. The smallest absolute Gasteiger partial charge is 0.337 e. The Balaban J connectivity index is 1.92. The van der Waals surface area contributed by atoms with Gasteiger partial charge in [0.2, 0.25) is 11.8 Å². The van der Waals surface area contributed by atoms with Crippen molar-refractivity contribution in [3.63, 3.8) is 0 Å². The highest BCUT2D eigenvalue weighted by Gasteiger charge is 2.44. The fourth-order valence-electron chi connectivity index (χ4n) is 3.48. The molecule has 0 fully saturated rings. The second-order valence-corrected chi connectivity index (χ2v) is 8.12. The standard InChI is InChI=1S/C24H21N3O6S/c1-32-23(30)15-10-8-14(9-11-15)19-17(12-25)22(27-21(29)20(19)24(31)33-2)34-13-18(28)26-16-6-4-3-5-7-16/h3-11,19-20H,13H2,1-2H3,(H,26,28)(H,27,29)/t19-,20+/m1/s1. The van der Waals surface area contributed by atoms with Crippen LogP contribution in [0.15, 0.2) is 65.2 Å². The number of thioether (sulfide) groups is 1. The molecule has 10 heteroatoms. The Hall–Kier alpha value is -4.10. The van der Waals surface area contributed by atoms with Crippen LogP contribution in [0.5, 0.6) is 0 Å². The van der Waals surface area contributed by atoms with Gasteiger partial charge in [-0.1, -0.05) is 42.1 Å². The van der Waals surface area contributed by atoms with Crippen molar-refractivity contribution in [2.24, 2.45) is 5.92 Å². The van der Waals surface area contributed by atoms with E-state index in [1.165, 1.54) is 19.2 Å². The van der Waals surface area contributed by atoms with Gasteiger partial charge in [-0.05, 0) is 29.8 Å². The summed E-state index contributed by atoms with van der Waals surface area (Å²) < 4.78 is 9.50. The van der Waals surface area contributed by atoms with Gasteiger partial charge < -0.3 is 20.1 Å². The van der Waals surface area contributed by atoms with Crippen molar-refractivity contribution in [3.8, 4) is 6.07 Å². The number of anilines is 1. The summed E-state index contributed by atoms with van der Waals surface area (Å²) in [6, 6.07) is 17.0. The lowest BCUT2D eigenvalue weighted by Crippen LogP contribution is -2.44. The van der Waals surface area contributed by atoms with Gasteiger partial charge in [0, 0.05) is 11.6 Å². The topological polar surface area (TPSA) is 135 Å². The summed E-state index contributed by atoms with van der Waals surface area (Å²) in [5, 5.41) is 15.4. The molecule has 0 aliphatic carbocycles. The number of allylic oxidation sites excluding steroid dienone is 1. The van der Waals surface area contributed by atoms with Crippen molar-refractivity contribution >= 4 is 41.2 Å². The molecule has 1 aliphatic heterocycles. The Morgan fingerprint density at radius 1 is 1.06 bits per heavy atom. The lowest BCUT2D eigenvalue weighted by Gasteiger charge is -2.31. The van der Waals surface area contributed by atoms with E-state index in [1.807, 2.05) is 6.07 Å². The quantitative estimate of drug-likeness (QED) is 0.457. The third-order valence-corrected chi connectivity index (χ3v) is 6.10. The number of amides is 2. The number of nitrogens with one attached hydrogen (secondary N) is 2. The minimum absolute atomic E-state index is 0.0768. The maximum atomic E-state index is 12.9. The summed E-state index contributed by atoms with van der Waals surface area (Å²) in [4.78, 5) is 49.4. The number of hydrogen-bond donors (Lipinski definition) is 2. The Morgan fingerprint density at radius 2 is 1.74 bits per heavy atom. The van der Waals surface area contributed by atoms with E-state index < -0.39 is 29.7 Å². The van der Waals surface area contributed by atoms with E-state index in [4.69, 9.17) is 9.47 Å².